The van der Waals surface area contributed by atoms with E-state index in [4.69, 9.17) is 0 Å². The van der Waals surface area contributed by atoms with Gasteiger partial charge in [-0.1, -0.05) is 60.7 Å². The molecule has 0 aromatic heterocycles. The SMILES string of the molecule is CC(NC(=O)c1ccccc1C(=O)c1ccccc1)c1ccc(NC(=O)C2CC2)cc1. The maximum atomic E-state index is 13.0. The van der Waals surface area contributed by atoms with Crippen LogP contribution in [0, 0.1) is 5.92 Å². The van der Waals surface area contributed by atoms with Crippen molar-refractivity contribution in [3.05, 3.63) is 101 Å². The van der Waals surface area contributed by atoms with Gasteiger partial charge in [0.25, 0.3) is 5.91 Å². The summed E-state index contributed by atoms with van der Waals surface area (Å²) >= 11 is 0. The van der Waals surface area contributed by atoms with E-state index in [0.717, 1.165) is 24.1 Å². The second-order valence-corrected chi connectivity index (χ2v) is 7.82. The Balaban J connectivity index is 1.46. The first-order chi connectivity index (χ1) is 15.0. The van der Waals surface area contributed by atoms with Crippen LogP contribution in [-0.4, -0.2) is 17.6 Å². The molecule has 156 valence electrons. The number of ketones is 1. The Kier molecular flexibility index (Phi) is 5.94. The first kappa shape index (κ1) is 20.5. The van der Waals surface area contributed by atoms with Gasteiger partial charge in [-0.25, -0.2) is 0 Å². The molecular weight excluding hydrogens is 388 g/mol. The summed E-state index contributed by atoms with van der Waals surface area (Å²) in [7, 11) is 0. The fraction of sp³-hybridized carbons (Fsp3) is 0.192. The number of hydrogen-bond acceptors (Lipinski definition) is 3. The minimum atomic E-state index is -0.307. The Bertz CT molecular complexity index is 1100. The largest absolute Gasteiger partial charge is 0.345 e. The van der Waals surface area contributed by atoms with Gasteiger partial charge in [0.1, 0.15) is 0 Å². The molecule has 5 heteroatoms. The van der Waals surface area contributed by atoms with Crippen LogP contribution in [0.1, 0.15) is 57.7 Å². The van der Waals surface area contributed by atoms with E-state index < -0.39 is 0 Å². The Hall–Kier alpha value is -3.73. The fourth-order valence-electron chi connectivity index (χ4n) is 3.43. The van der Waals surface area contributed by atoms with Gasteiger partial charge in [-0.3, -0.25) is 14.4 Å². The lowest BCUT2D eigenvalue weighted by Gasteiger charge is -2.16. The standard InChI is InChI=1S/C26H24N2O3/c1-17(18-13-15-21(16-14-18)28-25(30)20-11-12-20)27-26(31)23-10-6-5-9-22(23)24(29)19-7-3-2-4-8-19/h2-10,13-17,20H,11-12H2,1H3,(H,27,31)(H,28,30). The number of carbonyl (C=O) groups excluding carboxylic acids is 3. The summed E-state index contributed by atoms with van der Waals surface area (Å²) in [6, 6.07) is 22.9. The maximum Gasteiger partial charge on any atom is 0.252 e. The van der Waals surface area contributed by atoms with Crippen molar-refractivity contribution in [1.29, 1.82) is 0 Å². The predicted octanol–water partition coefficient (Wildman–Crippen LogP) is 4.76. The van der Waals surface area contributed by atoms with Gasteiger partial charge >= 0.3 is 0 Å². The molecular formula is C26H24N2O3. The lowest BCUT2D eigenvalue weighted by atomic mass is 9.97. The summed E-state index contributed by atoms with van der Waals surface area (Å²) in [5.41, 5.74) is 2.91. The Labute approximate surface area is 181 Å². The molecule has 1 aliphatic rings. The Morgan fingerprint density at radius 1 is 0.806 bits per heavy atom. The van der Waals surface area contributed by atoms with Gasteiger partial charge in [0.15, 0.2) is 5.78 Å². The summed E-state index contributed by atoms with van der Waals surface area (Å²) < 4.78 is 0. The summed E-state index contributed by atoms with van der Waals surface area (Å²) in [4.78, 5) is 37.7. The predicted molar refractivity (Wildman–Crippen MR) is 120 cm³/mol. The van der Waals surface area contributed by atoms with E-state index in [1.807, 2.05) is 37.3 Å². The van der Waals surface area contributed by atoms with Crippen LogP contribution in [0.5, 0.6) is 0 Å². The third-order valence-corrected chi connectivity index (χ3v) is 5.43. The number of carbonyl (C=O) groups is 3. The van der Waals surface area contributed by atoms with Crippen LogP contribution < -0.4 is 10.6 Å². The van der Waals surface area contributed by atoms with Crippen LogP contribution in [0.3, 0.4) is 0 Å². The topological polar surface area (TPSA) is 75.3 Å². The molecule has 0 aliphatic heterocycles. The first-order valence-corrected chi connectivity index (χ1v) is 10.4. The molecule has 1 fully saturated rings. The fourth-order valence-corrected chi connectivity index (χ4v) is 3.43. The number of hydrogen-bond donors (Lipinski definition) is 2. The molecule has 1 aliphatic carbocycles. The van der Waals surface area contributed by atoms with E-state index in [2.05, 4.69) is 10.6 Å². The Morgan fingerprint density at radius 2 is 1.42 bits per heavy atom. The molecule has 2 N–H and O–H groups in total. The zero-order chi connectivity index (χ0) is 21.8. The minimum absolute atomic E-state index is 0.0637. The molecule has 3 aromatic carbocycles. The number of amides is 2. The number of anilines is 1. The highest BCUT2D eigenvalue weighted by Gasteiger charge is 2.29. The summed E-state index contributed by atoms with van der Waals surface area (Å²) in [5.74, 6) is -0.279. The van der Waals surface area contributed by atoms with E-state index in [9.17, 15) is 14.4 Å². The van der Waals surface area contributed by atoms with Crippen molar-refractivity contribution >= 4 is 23.3 Å². The smallest absolute Gasteiger partial charge is 0.252 e. The number of rotatable bonds is 7. The first-order valence-electron chi connectivity index (χ1n) is 10.4. The zero-order valence-electron chi connectivity index (χ0n) is 17.3. The Morgan fingerprint density at radius 3 is 2.06 bits per heavy atom. The third kappa shape index (κ3) is 4.89. The maximum absolute atomic E-state index is 13.0. The van der Waals surface area contributed by atoms with Gasteiger partial charge in [0.2, 0.25) is 5.91 Å². The molecule has 0 saturated heterocycles. The average Bonchev–Trinajstić information content (AvgIpc) is 3.65. The summed E-state index contributed by atoms with van der Waals surface area (Å²) in [5, 5.41) is 5.88. The van der Waals surface area contributed by atoms with Crippen LogP contribution >= 0.6 is 0 Å². The lowest BCUT2D eigenvalue weighted by Crippen LogP contribution is -2.28. The highest BCUT2D eigenvalue weighted by molar-refractivity contribution is 6.15. The second-order valence-electron chi connectivity index (χ2n) is 7.82. The van der Waals surface area contributed by atoms with Crippen molar-refractivity contribution in [3.63, 3.8) is 0 Å². The van der Waals surface area contributed by atoms with E-state index in [0.29, 0.717) is 16.7 Å². The molecule has 2 amide bonds. The zero-order valence-corrected chi connectivity index (χ0v) is 17.3. The average molecular weight is 412 g/mol. The number of benzene rings is 3. The van der Waals surface area contributed by atoms with Crippen molar-refractivity contribution in [2.24, 2.45) is 5.92 Å². The molecule has 31 heavy (non-hydrogen) atoms. The van der Waals surface area contributed by atoms with Crippen LogP contribution in [0.4, 0.5) is 5.69 Å². The van der Waals surface area contributed by atoms with E-state index in [1.165, 1.54) is 0 Å². The quantitative estimate of drug-likeness (QED) is 0.550. The van der Waals surface area contributed by atoms with Crippen LogP contribution in [0.15, 0.2) is 78.9 Å². The normalized spacial score (nSPS) is 13.8. The third-order valence-electron chi connectivity index (χ3n) is 5.43. The number of nitrogens with one attached hydrogen (secondary N) is 2. The molecule has 3 aromatic rings. The van der Waals surface area contributed by atoms with Gasteiger partial charge in [0.05, 0.1) is 11.6 Å². The van der Waals surface area contributed by atoms with E-state index in [1.54, 1.807) is 48.5 Å². The molecule has 1 saturated carbocycles. The van der Waals surface area contributed by atoms with Crippen molar-refractivity contribution in [3.8, 4) is 0 Å². The molecule has 0 radical (unpaired) electrons. The van der Waals surface area contributed by atoms with Gasteiger partial charge in [-0.05, 0) is 43.5 Å². The van der Waals surface area contributed by atoms with Crippen LogP contribution in [-0.2, 0) is 4.79 Å². The monoisotopic (exact) mass is 412 g/mol. The molecule has 1 atom stereocenters. The van der Waals surface area contributed by atoms with Crippen molar-refractivity contribution in [1.82, 2.24) is 5.32 Å². The molecule has 0 spiro atoms. The molecule has 1 unspecified atom stereocenters. The minimum Gasteiger partial charge on any atom is -0.345 e. The van der Waals surface area contributed by atoms with Crippen molar-refractivity contribution in [2.75, 3.05) is 5.32 Å². The van der Waals surface area contributed by atoms with Gasteiger partial charge in [-0.2, -0.15) is 0 Å². The van der Waals surface area contributed by atoms with Crippen molar-refractivity contribution in [2.45, 2.75) is 25.8 Å². The van der Waals surface area contributed by atoms with E-state index in [-0.39, 0.29) is 29.6 Å². The second kappa shape index (κ2) is 8.96. The molecule has 5 nitrogen and oxygen atoms in total. The lowest BCUT2D eigenvalue weighted by molar-refractivity contribution is -0.117. The highest BCUT2D eigenvalue weighted by atomic mass is 16.2. The van der Waals surface area contributed by atoms with E-state index >= 15 is 0 Å². The van der Waals surface area contributed by atoms with Crippen molar-refractivity contribution < 1.29 is 14.4 Å². The summed E-state index contributed by atoms with van der Waals surface area (Å²) in [6.45, 7) is 1.89. The van der Waals surface area contributed by atoms with Gasteiger partial charge in [-0.15, -0.1) is 0 Å². The van der Waals surface area contributed by atoms with Gasteiger partial charge < -0.3 is 10.6 Å². The molecule has 0 heterocycles. The van der Waals surface area contributed by atoms with Crippen LogP contribution in [0.2, 0.25) is 0 Å². The summed E-state index contributed by atoms with van der Waals surface area (Å²) in [6.07, 6.45) is 1.92. The molecule has 4 rings (SSSR count). The van der Waals surface area contributed by atoms with Gasteiger partial charge in [0, 0.05) is 22.7 Å². The highest BCUT2D eigenvalue weighted by Crippen LogP contribution is 2.30. The molecule has 0 bridgehead atoms. The van der Waals surface area contributed by atoms with Crippen LogP contribution in [0.25, 0.3) is 0 Å².